The number of para-hydroxylation sites is 1. The zero-order valence-corrected chi connectivity index (χ0v) is 38.5. The number of carbonyl (C=O) groups is 1. The largest absolute Gasteiger partial charge is 0.497 e. The van der Waals surface area contributed by atoms with Gasteiger partial charge in [0.2, 0.25) is 0 Å². The topological polar surface area (TPSA) is 148 Å². The first kappa shape index (κ1) is 44.3. The van der Waals surface area contributed by atoms with Crippen molar-refractivity contribution in [1.82, 2.24) is 24.8 Å². The normalized spacial score (nSPS) is 18.4. The molecule has 2 N–H and O–H groups in total. The number of aromatic nitrogens is 4. The lowest BCUT2D eigenvalue weighted by Gasteiger charge is -2.34. The fourth-order valence-corrected chi connectivity index (χ4v) is 11.0. The van der Waals surface area contributed by atoms with Crippen molar-refractivity contribution < 1.29 is 37.6 Å². The number of pyridine rings is 1. The minimum atomic E-state index is -1.28. The van der Waals surface area contributed by atoms with Crippen molar-refractivity contribution in [2.45, 2.75) is 57.0 Å². The van der Waals surface area contributed by atoms with Crippen molar-refractivity contribution in [2.75, 3.05) is 62.2 Å². The van der Waals surface area contributed by atoms with E-state index in [0.717, 1.165) is 64.7 Å². The molecule has 3 atom stereocenters. The van der Waals surface area contributed by atoms with Crippen LogP contribution in [0.5, 0.6) is 23.3 Å². The lowest BCUT2D eigenvalue weighted by atomic mass is 9.95. The van der Waals surface area contributed by atoms with Gasteiger partial charge in [0.1, 0.15) is 48.0 Å². The maximum absolute atomic E-state index is 17.8. The van der Waals surface area contributed by atoms with Crippen molar-refractivity contribution in [3.63, 3.8) is 0 Å². The van der Waals surface area contributed by atoms with Crippen molar-refractivity contribution in [1.29, 1.82) is 0 Å². The summed E-state index contributed by atoms with van der Waals surface area (Å²) < 4.78 is 57.3. The second kappa shape index (κ2) is 18.3. The predicted octanol–water partition coefficient (Wildman–Crippen LogP) is 10.3. The van der Waals surface area contributed by atoms with Crippen molar-refractivity contribution in [3.8, 4) is 34.4 Å². The number of benzene rings is 4. The fourth-order valence-electron chi connectivity index (χ4n) is 9.83. The molecule has 346 valence electrons. The van der Waals surface area contributed by atoms with Gasteiger partial charge in [-0.05, 0) is 73.8 Å². The smallest absolute Gasteiger partial charge is 0.410 e. The number of methoxy groups -OCH3 is 2. The summed E-state index contributed by atoms with van der Waals surface area (Å²) in [6.45, 7) is 4.73. The van der Waals surface area contributed by atoms with Gasteiger partial charge in [-0.3, -0.25) is 10.2 Å². The summed E-state index contributed by atoms with van der Waals surface area (Å²) in [6.07, 6.45) is 1.51. The second-order valence-corrected chi connectivity index (χ2v) is 18.4. The highest BCUT2D eigenvalue weighted by atomic mass is 35.5. The molecule has 0 radical (unpaired) electrons. The molecule has 0 bridgehead atoms. The molecule has 1 amide bonds. The van der Waals surface area contributed by atoms with E-state index in [4.69, 9.17) is 45.5 Å². The van der Waals surface area contributed by atoms with Crippen LogP contribution in [0.25, 0.3) is 32.2 Å². The van der Waals surface area contributed by atoms with Gasteiger partial charge >= 0.3 is 12.1 Å². The lowest BCUT2D eigenvalue weighted by Crippen LogP contribution is -2.43. The second-order valence-electron chi connectivity index (χ2n) is 17.0. The molecule has 4 aromatic carbocycles. The van der Waals surface area contributed by atoms with Gasteiger partial charge in [0.05, 0.1) is 53.0 Å². The van der Waals surface area contributed by atoms with E-state index in [0.29, 0.717) is 54.2 Å². The monoisotopic (exact) mass is 948 g/mol. The van der Waals surface area contributed by atoms with Crippen LogP contribution in [-0.4, -0.2) is 94.8 Å². The first-order chi connectivity index (χ1) is 32.5. The Morgan fingerprint density at radius 3 is 2.43 bits per heavy atom. The van der Waals surface area contributed by atoms with E-state index < -0.39 is 29.7 Å². The van der Waals surface area contributed by atoms with Crippen LogP contribution in [0.4, 0.5) is 30.3 Å². The van der Waals surface area contributed by atoms with E-state index in [-0.39, 0.29) is 51.6 Å². The highest BCUT2D eigenvalue weighted by Gasteiger charge is 2.49. The maximum atomic E-state index is 17.8. The van der Waals surface area contributed by atoms with Crippen LogP contribution in [0.2, 0.25) is 5.02 Å². The quantitative estimate of drug-likeness (QED) is 0.107. The third-order valence-electron chi connectivity index (χ3n) is 13.0. The number of alkyl halides is 1. The molecule has 7 aromatic rings. The number of hydrogen-bond donors (Lipinski definition) is 2. The third kappa shape index (κ3) is 8.44. The van der Waals surface area contributed by atoms with E-state index in [9.17, 15) is 14.3 Å². The van der Waals surface area contributed by atoms with Crippen molar-refractivity contribution in [2.24, 2.45) is 0 Å². The number of nitrogens with one attached hydrogen (secondary N) is 1. The van der Waals surface area contributed by atoms with E-state index >= 15 is 4.39 Å². The molecule has 2 saturated heterocycles. The predicted molar refractivity (Wildman–Crippen MR) is 255 cm³/mol. The third-order valence-corrected chi connectivity index (χ3v) is 14.3. The summed E-state index contributed by atoms with van der Waals surface area (Å²) in [6, 6.07) is 24.5. The van der Waals surface area contributed by atoms with E-state index in [1.54, 1.807) is 38.6 Å². The molecule has 0 saturated carbocycles. The Labute approximate surface area is 394 Å². The number of hydrogen-bond acceptors (Lipinski definition) is 13. The molecule has 10 rings (SSSR count). The van der Waals surface area contributed by atoms with Crippen LogP contribution < -0.4 is 34.1 Å². The van der Waals surface area contributed by atoms with Crippen molar-refractivity contribution in [3.05, 3.63) is 113 Å². The molecule has 67 heavy (non-hydrogen) atoms. The van der Waals surface area contributed by atoms with E-state index in [1.807, 2.05) is 72.5 Å². The Morgan fingerprint density at radius 1 is 1.00 bits per heavy atom. The van der Waals surface area contributed by atoms with Gasteiger partial charge in [0, 0.05) is 48.9 Å². The number of ether oxygens (including phenoxy) is 4. The number of anilines is 3. The van der Waals surface area contributed by atoms with Crippen LogP contribution in [0.1, 0.15) is 48.9 Å². The summed E-state index contributed by atoms with van der Waals surface area (Å²) in [5.74, 6) is 1.99. The summed E-state index contributed by atoms with van der Waals surface area (Å²) in [5, 5.41) is 12.1. The number of rotatable bonds is 14. The molecule has 18 heteroatoms. The minimum absolute atomic E-state index is 0.0149. The number of carboxylic acid groups (broad SMARTS) is 1. The van der Waals surface area contributed by atoms with Gasteiger partial charge in [0.25, 0.3) is 0 Å². The SMILES string of the molecule is COc1ccc(CN(Cc2ccc(OC)cc2)c2ncccc2[C@@H](C)N2CCOc3c(Cl)c(-c4cccc5sc(NC(=O)O)nc45)c(F)c4nc(OC[C@@]56CCCN5C[C@H](F)C6)nc2c34)cc1. The highest BCUT2D eigenvalue weighted by molar-refractivity contribution is 7.22. The molecule has 2 fully saturated rings. The number of fused-ring (bicyclic) bond motifs is 2. The molecule has 3 aliphatic heterocycles. The summed E-state index contributed by atoms with van der Waals surface area (Å²) in [7, 11) is 3.28. The lowest BCUT2D eigenvalue weighted by molar-refractivity contribution is 0.107. The highest BCUT2D eigenvalue weighted by Crippen LogP contribution is 2.51. The average Bonchev–Trinajstić information content (AvgIpc) is 3.97. The Balaban J connectivity index is 1.10. The molecule has 0 aliphatic carbocycles. The van der Waals surface area contributed by atoms with Gasteiger partial charge in [-0.2, -0.15) is 9.97 Å². The molecular formula is C49H47ClF2N8O6S. The number of nitrogens with zero attached hydrogens (tertiary/aromatic N) is 7. The average molecular weight is 949 g/mol. The zero-order valence-electron chi connectivity index (χ0n) is 37.0. The summed E-state index contributed by atoms with van der Waals surface area (Å²) >= 11 is 8.39. The van der Waals surface area contributed by atoms with Crippen molar-refractivity contribution >= 4 is 66.9 Å². The molecule has 3 aromatic heterocycles. The standard InChI is InChI=1S/C49H47ClF2N8O6S/c1-28(34-8-5-19-53-44(34)58(24-29-10-14-32(63-2)15-11-29)25-30-12-16-33(64-3)17-13-30)60-21-22-65-43-38-42(54-46(56-45(38)60)66-27-49-18-6-20-59(49)26-31(51)23-49)40(52)37(39(43)50)35-7-4-9-36-41(35)55-47(67-36)57-48(61)62/h4-5,7-17,19,28,31H,6,18,20-27H2,1-3H3,(H,55,57)(H,61,62)/t28-,31-,49+/m1/s1. The number of halogens is 3. The molecular weight excluding hydrogens is 902 g/mol. The fraction of sp³-hybridized carbons (Fsp3) is 0.327. The van der Waals surface area contributed by atoms with Crippen LogP contribution in [0, 0.1) is 5.82 Å². The van der Waals surface area contributed by atoms with E-state index in [2.05, 4.69) is 20.1 Å². The van der Waals surface area contributed by atoms with Gasteiger partial charge in [-0.25, -0.2) is 23.5 Å². The van der Waals surface area contributed by atoms with Crippen LogP contribution in [-0.2, 0) is 13.1 Å². The first-order valence-corrected chi connectivity index (χ1v) is 23.2. The summed E-state index contributed by atoms with van der Waals surface area (Å²) in [4.78, 5) is 37.3. The van der Waals surface area contributed by atoms with Crippen LogP contribution in [0.15, 0.2) is 85.1 Å². The molecule has 0 unspecified atom stereocenters. The van der Waals surface area contributed by atoms with Crippen LogP contribution >= 0.6 is 22.9 Å². The van der Waals surface area contributed by atoms with Gasteiger partial charge in [-0.15, -0.1) is 0 Å². The van der Waals surface area contributed by atoms with Gasteiger partial charge in [-0.1, -0.05) is 65.4 Å². The Hall–Kier alpha value is -6.56. The Kier molecular flexibility index (Phi) is 12.1. The Morgan fingerprint density at radius 2 is 1.73 bits per heavy atom. The maximum Gasteiger partial charge on any atom is 0.410 e. The number of amides is 1. The van der Waals surface area contributed by atoms with Gasteiger partial charge in [0.15, 0.2) is 16.7 Å². The Bertz CT molecular complexity index is 2930. The minimum Gasteiger partial charge on any atom is -0.497 e. The summed E-state index contributed by atoms with van der Waals surface area (Å²) in [5.41, 5.74) is 2.99. The molecule has 3 aliphatic rings. The number of thiazole rings is 1. The molecule has 0 spiro atoms. The molecule has 14 nitrogen and oxygen atoms in total. The molecule has 6 heterocycles. The first-order valence-electron chi connectivity index (χ1n) is 22.0. The van der Waals surface area contributed by atoms with Gasteiger partial charge < -0.3 is 33.9 Å². The van der Waals surface area contributed by atoms with E-state index in [1.165, 1.54) is 0 Å². The van der Waals surface area contributed by atoms with Crippen LogP contribution in [0.3, 0.4) is 0 Å². The zero-order chi connectivity index (χ0) is 46.4.